The van der Waals surface area contributed by atoms with Gasteiger partial charge in [0.2, 0.25) is 11.7 Å². The number of esters is 1. The molecule has 0 aliphatic carbocycles. The van der Waals surface area contributed by atoms with Crippen LogP contribution >= 0.6 is 0 Å². The van der Waals surface area contributed by atoms with E-state index in [9.17, 15) is 14.7 Å². The Bertz CT molecular complexity index is 1020. The van der Waals surface area contributed by atoms with Crippen molar-refractivity contribution in [2.24, 2.45) is 0 Å². The molecule has 2 aromatic carbocycles. The highest BCUT2D eigenvalue weighted by molar-refractivity contribution is 6.06. The van der Waals surface area contributed by atoms with Gasteiger partial charge in [-0.05, 0) is 42.3 Å². The van der Waals surface area contributed by atoms with E-state index in [0.717, 1.165) is 5.56 Å². The van der Waals surface area contributed by atoms with E-state index in [1.807, 2.05) is 31.2 Å². The zero-order valence-electron chi connectivity index (χ0n) is 16.4. The third-order valence-electron chi connectivity index (χ3n) is 5.28. The summed E-state index contributed by atoms with van der Waals surface area (Å²) in [6.45, 7) is 1.98. The van der Waals surface area contributed by atoms with Crippen LogP contribution < -0.4 is 14.4 Å². The number of hydrogen-bond donors (Lipinski definition) is 1. The van der Waals surface area contributed by atoms with Crippen LogP contribution in [-0.4, -0.2) is 37.8 Å². The molecule has 150 valence electrons. The number of carbonyl (C=O) groups excluding carboxylic acids is 2. The molecule has 1 amide bonds. The second-order valence-corrected chi connectivity index (χ2v) is 7.04. The molecule has 29 heavy (non-hydrogen) atoms. The Morgan fingerprint density at radius 2 is 1.79 bits per heavy atom. The summed E-state index contributed by atoms with van der Waals surface area (Å²) in [4.78, 5) is 27.3. The molecule has 2 aromatic rings. The van der Waals surface area contributed by atoms with Gasteiger partial charge < -0.3 is 19.3 Å². The number of benzene rings is 2. The molecule has 0 radical (unpaired) electrons. The number of carbonyl (C=O) groups is 2. The number of phenols is 1. The van der Waals surface area contributed by atoms with Crippen molar-refractivity contribution in [3.05, 3.63) is 58.8 Å². The number of methoxy groups -OCH3 is 2. The number of hydrogen-bond acceptors (Lipinski definition) is 6. The number of rotatable bonds is 4. The Balaban J connectivity index is 1.85. The van der Waals surface area contributed by atoms with Crippen molar-refractivity contribution in [2.75, 3.05) is 25.7 Å². The molecule has 1 atom stereocenters. The quantitative estimate of drug-likeness (QED) is 0.801. The first-order valence-corrected chi connectivity index (χ1v) is 9.19. The van der Waals surface area contributed by atoms with Gasteiger partial charge in [0, 0.05) is 18.0 Å². The Kier molecular flexibility index (Phi) is 4.66. The van der Waals surface area contributed by atoms with E-state index in [0.29, 0.717) is 22.5 Å². The zero-order valence-corrected chi connectivity index (χ0v) is 16.4. The van der Waals surface area contributed by atoms with Crippen molar-refractivity contribution >= 4 is 17.6 Å². The lowest BCUT2D eigenvalue weighted by Crippen LogP contribution is -2.37. The third kappa shape index (κ3) is 3.08. The van der Waals surface area contributed by atoms with Crippen LogP contribution in [0.3, 0.4) is 0 Å². The van der Waals surface area contributed by atoms with Crippen LogP contribution in [0, 0.1) is 6.92 Å². The predicted octanol–water partition coefficient (Wildman–Crippen LogP) is 3.05. The molecule has 4 rings (SSSR count). The van der Waals surface area contributed by atoms with Gasteiger partial charge in [0.05, 0.1) is 25.5 Å². The zero-order chi connectivity index (χ0) is 20.7. The molecule has 0 saturated heterocycles. The second-order valence-electron chi connectivity index (χ2n) is 7.04. The van der Waals surface area contributed by atoms with E-state index in [2.05, 4.69) is 0 Å². The minimum absolute atomic E-state index is 0.0384. The fraction of sp³-hybridized carbons (Fsp3) is 0.273. The topological polar surface area (TPSA) is 85.3 Å². The number of anilines is 1. The minimum atomic E-state index is -0.517. The first kappa shape index (κ1) is 18.9. The Labute approximate surface area is 168 Å². The number of aromatic hydroxyl groups is 1. The highest BCUT2D eigenvalue weighted by Crippen LogP contribution is 2.46. The summed E-state index contributed by atoms with van der Waals surface area (Å²) >= 11 is 0. The standard InChI is InChI=1S/C22H21NO6/c1-12-5-4-6-14(7-12)23-16-11-29-22(26)20(16)15(10-19(23)24)13-8-17(27-2)21(25)18(9-13)28-3/h4-9,15,25H,10-11H2,1-3H3/t15-/m0/s1. The Morgan fingerprint density at radius 1 is 1.10 bits per heavy atom. The van der Waals surface area contributed by atoms with E-state index < -0.39 is 11.9 Å². The maximum absolute atomic E-state index is 13.1. The van der Waals surface area contributed by atoms with E-state index in [4.69, 9.17) is 14.2 Å². The number of amides is 1. The van der Waals surface area contributed by atoms with Crippen molar-refractivity contribution in [1.29, 1.82) is 0 Å². The van der Waals surface area contributed by atoms with Crippen molar-refractivity contribution in [1.82, 2.24) is 0 Å². The van der Waals surface area contributed by atoms with Crippen molar-refractivity contribution in [2.45, 2.75) is 19.3 Å². The summed E-state index contributed by atoms with van der Waals surface area (Å²) in [5, 5.41) is 10.2. The van der Waals surface area contributed by atoms with Gasteiger partial charge in [0.1, 0.15) is 6.61 Å². The number of nitrogens with zero attached hydrogens (tertiary/aromatic N) is 1. The van der Waals surface area contributed by atoms with Crippen LogP contribution in [0.2, 0.25) is 0 Å². The van der Waals surface area contributed by atoms with Gasteiger partial charge in [-0.3, -0.25) is 9.69 Å². The fourth-order valence-electron chi connectivity index (χ4n) is 3.92. The number of aryl methyl sites for hydroxylation is 1. The maximum Gasteiger partial charge on any atom is 0.336 e. The van der Waals surface area contributed by atoms with E-state index in [1.165, 1.54) is 14.2 Å². The van der Waals surface area contributed by atoms with Gasteiger partial charge in [-0.25, -0.2) is 4.79 Å². The van der Waals surface area contributed by atoms with E-state index in [1.54, 1.807) is 17.0 Å². The van der Waals surface area contributed by atoms with E-state index in [-0.39, 0.29) is 36.2 Å². The molecule has 2 aliphatic heterocycles. The molecule has 0 saturated carbocycles. The molecule has 0 unspecified atom stereocenters. The molecule has 1 N–H and O–H groups in total. The molecule has 0 spiro atoms. The smallest absolute Gasteiger partial charge is 0.336 e. The average molecular weight is 395 g/mol. The largest absolute Gasteiger partial charge is 0.502 e. The average Bonchev–Trinajstić information content (AvgIpc) is 3.09. The van der Waals surface area contributed by atoms with Gasteiger partial charge in [-0.1, -0.05) is 12.1 Å². The number of phenolic OH excluding ortho intramolecular Hbond substituents is 1. The van der Waals surface area contributed by atoms with Gasteiger partial charge in [0.15, 0.2) is 11.5 Å². The van der Waals surface area contributed by atoms with Gasteiger partial charge in [-0.15, -0.1) is 0 Å². The summed E-state index contributed by atoms with van der Waals surface area (Å²) in [7, 11) is 2.86. The normalized spacial score (nSPS) is 18.6. The summed E-state index contributed by atoms with van der Waals surface area (Å²) in [6.07, 6.45) is 0.0823. The van der Waals surface area contributed by atoms with Crippen LogP contribution in [0.1, 0.15) is 23.5 Å². The SMILES string of the molecule is COc1cc([C@@H]2CC(=O)N(c3cccc(C)c3)C3=C2C(=O)OC3)cc(OC)c1O. The van der Waals surface area contributed by atoms with Crippen LogP contribution in [-0.2, 0) is 14.3 Å². The molecule has 7 heteroatoms. The lowest BCUT2D eigenvalue weighted by Gasteiger charge is -2.32. The highest BCUT2D eigenvalue weighted by Gasteiger charge is 2.43. The maximum atomic E-state index is 13.1. The Hall–Kier alpha value is -3.48. The lowest BCUT2D eigenvalue weighted by atomic mass is 9.83. The van der Waals surface area contributed by atoms with Crippen LogP contribution in [0.15, 0.2) is 47.7 Å². The van der Waals surface area contributed by atoms with Crippen molar-refractivity contribution in [3.8, 4) is 17.2 Å². The third-order valence-corrected chi connectivity index (χ3v) is 5.28. The number of ether oxygens (including phenoxy) is 3. The second kappa shape index (κ2) is 7.16. The highest BCUT2D eigenvalue weighted by atomic mass is 16.5. The molecule has 0 bridgehead atoms. The van der Waals surface area contributed by atoms with Gasteiger partial charge >= 0.3 is 5.97 Å². The van der Waals surface area contributed by atoms with Gasteiger partial charge in [-0.2, -0.15) is 0 Å². The summed E-state index contributed by atoms with van der Waals surface area (Å²) < 4.78 is 15.8. The number of cyclic esters (lactones) is 1. The van der Waals surface area contributed by atoms with Crippen LogP contribution in [0.4, 0.5) is 5.69 Å². The van der Waals surface area contributed by atoms with Crippen LogP contribution in [0.5, 0.6) is 17.2 Å². The summed E-state index contributed by atoms with van der Waals surface area (Å²) in [5.74, 6) is -0.810. The minimum Gasteiger partial charge on any atom is -0.502 e. The molecule has 2 heterocycles. The van der Waals surface area contributed by atoms with E-state index >= 15 is 0 Å². The fourth-order valence-corrected chi connectivity index (χ4v) is 3.92. The van der Waals surface area contributed by atoms with Crippen molar-refractivity contribution in [3.63, 3.8) is 0 Å². The predicted molar refractivity (Wildman–Crippen MR) is 105 cm³/mol. The molecule has 0 aromatic heterocycles. The lowest BCUT2D eigenvalue weighted by molar-refractivity contribution is -0.136. The Morgan fingerprint density at radius 3 is 2.41 bits per heavy atom. The van der Waals surface area contributed by atoms with Crippen LogP contribution in [0.25, 0.3) is 0 Å². The molecular weight excluding hydrogens is 374 g/mol. The molecule has 7 nitrogen and oxygen atoms in total. The summed E-state index contributed by atoms with van der Waals surface area (Å²) in [5.41, 5.74) is 3.35. The molecule has 0 fully saturated rings. The van der Waals surface area contributed by atoms with Gasteiger partial charge in [0.25, 0.3) is 0 Å². The molecular formula is C22H21NO6. The first-order chi connectivity index (χ1) is 13.9. The molecule has 2 aliphatic rings. The summed E-state index contributed by atoms with van der Waals surface area (Å²) in [6, 6.07) is 10.8. The monoisotopic (exact) mass is 395 g/mol. The first-order valence-electron chi connectivity index (χ1n) is 9.19. The van der Waals surface area contributed by atoms with Crippen molar-refractivity contribution < 1.29 is 28.9 Å².